The summed E-state index contributed by atoms with van der Waals surface area (Å²) in [5, 5.41) is 5.34. The van der Waals surface area contributed by atoms with Gasteiger partial charge in [0.1, 0.15) is 12.4 Å². The van der Waals surface area contributed by atoms with Gasteiger partial charge in [0.25, 0.3) is 5.91 Å². The zero-order chi connectivity index (χ0) is 19.6. The van der Waals surface area contributed by atoms with Crippen LogP contribution >= 0.6 is 0 Å². The van der Waals surface area contributed by atoms with Crippen molar-refractivity contribution in [3.8, 4) is 5.75 Å². The number of nitrogens with one attached hydrogen (secondary N) is 1. The highest BCUT2D eigenvalue weighted by molar-refractivity contribution is 6.34. The van der Waals surface area contributed by atoms with Crippen LogP contribution < -0.4 is 10.1 Å². The summed E-state index contributed by atoms with van der Waals surface area (Å²) in [5.41, 5.74) is 4.58. The molecule has 0 saturated carbocycles. The van der Waals surface area contributed by atoms with E-state index in [9.17, 15) is 4.79 Å². The van der Waals surface area contributed by atoms with E-state index in [4.69, 9.17) is 4.74 Å². The van der Waals surface area contributed by atoms with Gasteiger partial charge in [0, 0.05) is 16.8 Å². The molecule has 3 nitrogen and oxygen atoms in total. The Balaban J connectivity index is 1.31. The van der Waals surface area contributed by atoms with Crippen molar-refractivity contribution in [2.45, 2.75) is 6.61 Å². The Hall–Kier alpha value is -3.85. The van der Waals surface area contributed by atoms with Gasteiger partial charge in [-0.2, -0.15) is 0 Å². The number of carbonyl (C=O) groups excluding carboxylic acids is 1. The predicted molar refractivity (Wildman–Crippen MR) is 118 cm³/mol. The second-order valence-corrected chi connectivity index (χ2v) is 7.10. The van der Waals surface area contributed by atoms with Gasteiger partial charge in [-0.1, -0.05) is 66.7 Å². The van der Waals surface area contributed by atoms with Gasteiger partial charge < -0.3 is 10.1 Å². The monoisotopic (exact) mass is 377 g/mol. The van der Waals surface area contributed by atoms with Crippen LogP contribution in [-0.2, 0) is 11.4 Å². The minimum atomic E-state index is -0.0668. The Kier molecular flexibility index (Phi) is 4.34. The second-order valence-electron chi connectivity index (χ2n) is 7.10. The Bertz CT molecular complexity index is 1240. The molecule has 1 heterocycles. The fraction of sp³-hybridized carbons (Fsp3) is 0.0385. The van der Waals surface area contributed by atoms with E-state index in [0.717, 1.165) is 28.1 Å². The van der Waals surface area contributed by atoms with Crippen LogP contribution in [0.15, 0.2) is 91.0 Å². The molecular weight excluding hydrogens is 358 g/mol. The van der Waals surface area contributed by atoms with Crippen LogP contribution in [0, 0.1) is 0 Å². The van der Waals surface area contributed by atoms with Gasteiger partial charge in [-0.25, -0.2) is 0 Å². The largest absolute Gasteiger partial charge is 0.489 e. The highest BCUT2D eigenvalue weighted by Crippen LogP contribution is 2.32. The first-order valence-electron chi connectivity index (χ1n) is 9.59. The molecule has 0 unspecified atom stereocenters. The van der Waals surface area contributed by atoms with E-state index in [1.165, 1.54) is 10.8 Å². The standard InChI is InChI=1S/C26H19NO2/c28-26-24(23-7-3-4-8-25(23)27-26)16-18-10-13-22(14-11-18)29-17-19-9-12-20-5-1-2-6-21(20)15-19/h1-16H,17H2,(H,27,28). The first-order valence-corrected chi connectivity index (χ1v) is 9.59. The second kappa shape index (κ2) is 7.28. The molecule has 0 fully saturated rings. The normalized spacial score (nSPS) is 14.1. The summed E-state index contributed by atoms with van der Waals surface area (Å²) >= 11 is 0. The number of hydrogen-bond acceptors (Lipinski definition) is 2. The van der Waals surface area contributed by atoms with Gasteiger partial charge in [-0.05, 0) is 52.2 Å². The van der Waals surface area contributed by atoms with Crippen molar-refractivity contribution in [1.82, 2.24) is 0 Å². The fourth-order valence-electron chi connectivity index (χ4n) is 3.60. The SMILES string of the molecule is O=C1Nc2ccccc2C1=Cc1ccc(OCc2ccc3ccccc3c2)cc1. The van der Waals surface area contributed by atoms with E-state index in [-0.39, 0.29) is 5.91 Å². The predicted octanol–water partition coefficient (Wildman–Crippen LogP) is 5.91. The van der Waals surface area contributed by atoms with Crippen LogP contribution in [-0.4, -0.2) is 5.91 Å². The van der Waals surface area contributed by atoms with Crippen molar-refractivity contribution in [2.75, 3.05) is 5.32 Å². The number of fused-ring (bicyclic) bond motifs is 2. The number of hydrogen-bond donors (Lipinski definition) is 1. The Morgan fingerprint density at radius 3 is 2.41 bits per heavy atom. The summed E-state index contributed by atoms with van der Waals surface area (Å²) in [6.07, 6.45) is 1.91. The Morgan fingerprint density at radius 2 is 1.55 bits per heavy atom. The van der Waals surface area contributed by atoms with Crippen molar-refractivity contribution < 1.29 is 9.53 Å². The summed E-state index contributed by atoms with van der Waals surface area (Å²) in [5.74, 6) is 0.736. The van der Waals surface area contributed by atoms with Crippen LogP contribution in [0.3, 0.4) is 0 Å². The number of ether oxygens (including phenoxy) is 1. The molecule has 3 heteroatoms. The minimum Gasteiger partial charge on any atom is -0.489 e. The zero-order valence-corrected chi connectivity index (χ0v) is 15.8. The van der Waals surface area contributed by atoms with E-state index in [2.05, 4.69) is 35.6 Å². The molecule has 4 aromatic rings. The molecule has 0 spiro atoms. The lowest BCUT2D eigenvalue weighted by molar-refractivity contribution is -0.110. The Labute approximate surface area is 169 Å². The molecule has 1 N–H and O–H groups in total. The van der Waals surface area contributed by atoms with Crippen LogP contribution in [0.1, 0.15) is 16.7 Å². The lowest BCUT2D eigenvalue weighted by Gasteiger charge is -2.08. The first kappa shape index (κ1) is 17.3. The van der Waals surface area contributed by atoms with E-state index < -0.39 is 0 Å². The summed E-state index contributed by atoms with van der Waals surface area (Å²) < 4.78 is 5.94. The topological polar surface area (TPSA) is 38.3 Å². The van der Waals surface area contributed by atoms with Gasteiger partial charge in [0.2, 0.25) is 0 Å². The molecule has 1 aliphatic rings. The first-order chi connectivity index (χ1) is 14.3. The highest BCUT2D eigenvalue weighted by Gasteiger charge is 2.23. The van der Waals surface area contributed by atoms with E-state index in [1.807, 2.05) is 66.7 Å². The molecule has 5 rings (SSSR count). The van der Waals surface area contributed by atoms with Crippen LogP contribution in [0.2, 0.25) is 0 Å². The number of anilines is 1. The average Bonchev–Trinajstić information content (AvgIpc) is 3.08. The van der Waals surface area contributed by atoms with Crippen molar-refractivity contribution in [1.29, 1.82) is 0 Å². The molecule has 1 aliphatic heterocycles. The fourth-order valence-corrected chi connectivity index (χ4v) is 3.60. The molecule has 0 saturated heterocycles. The maximum Gasteiger partial charge on any atom is 0.256 e. The van der Waals surface area contributed by atoms with Gasteiger partial charge in [0.15, 0.2) is 0 Å². The van der Waals surface area contributed by atoms with Crippen LogP contribution in [0.4, 0.5) is 5.69 Å². The Morgan fingerprint density at radius 1 is 0.793 bits per heavy atom. The third kappa shape index (κ3) is 3.50. The third-order valence-electron chi connectivity index (χ3n) is 5.12. The zero-order valence-electron chi connectivity index (χ0n) is 15.8. The molecule has 4 aromatic carbocycles. The number of amides is 1. The van der Waals surface area contributed by atoms with E-state index in [1.54, 1.807) is 0 Å². The third-order valence-corrected chi connectivity index (χ3v) is 5.12. The number of para-hydroxylation sites is 1. The molecule has 0 aliphatic carbocycles. The molecule has 140 valence electrons. The van der Waals surface area contributed by atoms with Gasteiger partial charge in [-0.15, -0.1) is 0 Å². The number of carbonyl (C=O) groups is 1. The molecule has 1 amide bonds. The van der Waals surface area contributed by atoms with Crippen molar-refractivity contribution in [3.05, 3.63) is 108 Å². The number of rotatable bonds is 4. The average molecular weight is 377 g/mol. The molecule has 0 bridgehead atoms. The maximum atomic E-state index is 12.3. The molecule has 0 aromatic heterocycles. The smallest absolute Gasteiger partial charge is 0.256 e. The quantitative estimate of drug-likeness (QED) is 0.449. The van der Waals surface area contributed by atoms with E-state index in [0.29, 0.717) is 12.2 Å². The van der Waals surface area contributed by atoms with Crippen molar-refractivity contribution >= 4 is 34.0 Å². The molecule has 0 radical (unpaired) electrons. The summed E-state index contributed by atoms with van der Waals surface area (Å²) in [6, 6.07) is 30.2. The van der Waals surface area contributed by atoms with E-state index >= 15 is 0 Å². The summed E-state index contributed by atoms with van der Waals surface area (Å²) in [4.78, 5) is 12.3. The molecule has 0 atom stereocenters. The van der Waals surface area contributed by atoms with Crippen LogP contribution in [0.25, 0.3) is 22.4 Å². The maximum absolute atomic E-state index is 12.3. The van der Waals surface area contributed by atoms with Gasteiger partial charge in [-0.3, -0.25) is 4.79 Å². The van der Waals surface area contributed by atoms with Gasteiger partial charge >= 0.3 is 0 Å². The van der Waals surface area contributed by atoms with Crippen molar-refractivity contribution in [2.24, 2.45) is 0 Å². The highest BCUT2D eigenvalue weighted by atomic mass is 16.5. The van der Waals surface area contributed by atoms with Gasteiger partial charge in [0.05, 0.1) is 0 Å². The summed E-state index contributed by atoms with van der Waals surface area (Å²) in [6.45, 7) is 0.515. The van der Waals surface area contributed by atoms with Crippen molar-refractivity contribution in [3.63, 3.8) is 0 Å². The molecular formula is C26H19NO2. The lowest BCUT2D eigenvalue weighted by Crippen LogP contribution is -2.03. The van der Waals surface area contributed by atoms with Crippen LogP contribution in [0.5, 0.6) is 5.75 Å². The number of benzene rings is 4. The lowest BCUT2D eigenvalue weighted by atomic mass is 10.0. The minimum absolute atomic E-state index is 0.0668. The summed E-state index contributed by atoms with van der Waals surface area (Å²) in [7, 11) is 0. The molecule has 29 heavy (non-hydrogen) atoms.